The van der Waals surface area contributed by atoms with Gasteiger partial charge in [0.1, 0.15) is 0 Å². The van der Waals surface area contributed by atoms with Gasteiger partial charge >= 0.3 is 6.67 Å². The van der Waals surface area contributed by atoms with Gasteiger partial charge in [-0.15, -0.1) is 9.13 Å². The van der Waals surface area contributed by atoms with Crippen LogP contribution in [0.3, 0.4) is 0 Å². The number of hydrogen-bond donors (Lipinski definition) is 0. The quantitative estimate of drug-likeness (QED) is 0.495. The average molecular weight is 272 g/mol. The van der Waals surface area contributed by atoms with Gasteiger partial charge in [-0.3, -0.25) is 0 Å². The van der Waals surface area contributed by atoms with E-state index in [0.29, 0.717) is 0 Å². The summed E-state index contributed by atoms with van der Waals surface area (Å²) in [6.07, 6.45) is 4.27. The molecule has 2 heteroatoms. The lowest BCUT2D eigenvalue weighted by molar-refractivity contribution is -0.890. The summed E-state index contributed by atoms with van der Waals surface area (Å²) in [7, 11) is 0. The van der Waals surface area contributed by atoms with Crippen molar-refractivity contribution in [3.63, 3.8) is 0 Å². The van der Waals surface area contributed by atoms with Gasteiger partial charge in [0, 0.05) is 35.0 Å². The molecule has 0 spiro atoms. The van der Waals surface area contributed by atoms with Gasteiger partial charge in [-0.05, 0) is 24.3 Å². The van der Waals surface area contributed by atoms with Crippen LogP contribution in [0.5, 0.6) is 0 Å². The molecule has 4 aromatic rings. The fraction of sp³-hybridized carbons (Fsp3) is 0.0526. The largest absolute Gasteiger partial charge is 0.344 e. The molecule has 4 rings (SSSR count). The van der Waals surface area contributed by atoms with Crippen molar-refractivity contribution in [3.8, 4) is 0 Å². The normalized spacial score (nSPS) is 11.0. The Labute approximate surface area is 123 Å². The average Bonchev–Trinajstić information content (AvgIpc) is 2.56. The van der Waals surface area contributed by atoms with Crippen molar-refractivity contribution in [1.29, 1.82) is 0 Å². The van der Waals surface area contributed by atoms with Crippen molar-refractivity contribution in [2.75, 3.05) is 0 Å². The Kier molecular flexibility index (Phi) is 2.86. The highest BCUT2D eigenvalue weighted by Gasteiger charge is 2.15. The van der Waals surface area contributed by atoms with Crippen molar-refractivity contribution < 1.29 is 9.13 Å². The molecule has 0 unspecified atom stereocenters. The fourth-order valence-electron chi connectivity index (χ4n) is 2.85. The molecule has 0 N–H and O–H groups in total. The first kappa shape index (κ1) is 12.0. The zero-order valence-corrected chi connectivity index (χ0v) is 11.7. The standard InChI is InChI=1S/C19H16N2/c1-3-11-18-16(7-1)9-5-13-20(18)15-21-14-6-10-17-8-2-4-12-19(17)21/h1-14H,15H2/q+2. The molecule has 100 valence electrons. The molecule has 0 atom stereocenters. The second kappa shape index (κ2) is 4.98. The van der Waals surface area contributed by atoms with E-state index in [1.165, 1.54) is 21.8 Å². The molecule has 2 aromatic heterocycles. The van der Waals surface area contributed by atoms with Gasteiger partial charge in [-0.2, -0.15) is 0 Å². The molecule has 0 saturated carbocycles. The zero-order valence-electron chi connectivity index (χ0n) is 11.7. The van der Waals surface area contributed by atoms with Crippen LogP contribution >= 0.6 is 0 Å². The minimum absolute atomic E-state index is 0.808. The van der Waals surface area contributed by atoms with Gasteiger partial charge in [-0.1, -0.05) is 24.3 Å². The Hall–Kier alpha value is -2.74. The van der Waals surface area contributed by atoms with E-state index in [1.807, 2.05) is 0 Å². The lowest BCUT2D eigenvalue weighted by atomic mass is 10.2. The molecule has 0 amide bonds. The van der Waals surface area contributed by atoms with Crippen LogP contribution in [-0.2, 0) is 6.67 Å². The number of benzene rings is 2. The molecule has 0 bridgehead atoms. The Morgan fingerprint density at radius 3 is 1.48 bits per heavy atom. The number of rotatable bonds is 2. The maximum absolute atomic E-state index is 2.28. The van der Waals surface area contributed by atoms with Crippen LogP contribution in [0.1, 0.15) is 0 Å². The minimum Gasteiger partial charge on any atom is -0.139 e. The van der Waals surface area contributed by atoms with Gasteiger partial charge in [0.25, 0.3) is 0 Å². The Morgan fingerprint density at radius 2 is 0.952 bits per heavy atom. The third-order valence-corrected chi connectivity index (χ3v) is 3.88. The lowest BCUT2D eigenvalue weighted by Gasteiger charge is -2.01. The zero-order chi connectivity index (χ0) is 14.1. The smallest absolute Gasteiger partial charge is 0.139 e. The van der Waals surface area contributed by atoms with Gasteiger partial charge < -0.3 is 0 Å². The van der Waals surface area contributed by atoms with Crippen LogP contribution in [-0.4, -0.2) is 0 Å². The molecule has 0 aliphatic carbocycles. The lowest BCUT2D eigenvalue weighted by Crippen LogP contribution is -2.51. The van der Waals surface area contributed by atoms with Gasteiger partial charge in [0.05, 0.1) is 0 Å². The van der Waals surface area contributed by atoms with Gasteiger partial charge in [-0.25, -0.2) is 0 Å². The molecular weight excluding hydrogens is 256 g/mol. The number of nitrogens with zero attached hydrogens (tertiary/aromatic N) is 2. The van der Waals surface area contributed by atoms with Gasteiger partial charge in [0.2, 0.25) is 11.0 Å². The highest BCUT2D eigenvalue weighted by Crippen LogP contribution is 2.09. The maximum atomic E-state index is 2.28. The Balaban J connectivity index is 1.87. The molecule has 2 heterocycles. The van der Waals surface area contributed by atoms with E-state index in [4.69, 9.17) is 0 Å². The number of fused-ring (bicyclic) bond motifs is 2. The molecular formula is C19H16N2+2. The molecule has 0 aliphatic heterocycles. The molecule has 0 fully saturated rings. The number of aromatic nitrogens is 2. The summed E-state index contributed by atoms with van der Waals surface area (Å²) in [5, 5.41) is 2.53. The summed E-state index contributed by atoms with van der Waals surface area (Å²) >= 11 is 0. The summed E-state index contributed by atoms with van der Waals surface area (Å²) in [5.74, 6) is 0. The van der Waals surface area contributed by atoms with Crippen LogP contribution < -0.4 is 9.13 Å². The van der Waals surface area contributed by atoms with E-state index < -0.39 is 0 Å². The summed E-state index contributed by atoms with van der Waals surface area (Å²) in [6.45, 7) is 0.808. The van der Waals surface area contributed by atoms with Crippen LogP contribution in [0.15, 0.2) is 85.2 Å². The number of para-hydroxylation sites is 2. The summed E-state index contributed by atoms with van der Waals surface area (Å²) < 4.78 is 4.56. The molecule has 2 aromatic carbocycles. The summed E-state index contributed by atoms with van der Waals surface area (Å²) in [6, 6.07) is 25.5. The third-order valence-electron chi connectivity index (χ3n) is 3.88. The van der Waals surface area contributed by atoms with Crippen molar-refractivity contribution in [2.24, 2.45) is 0 Å². The van der Waals surface area contributed by atoms with Crippen molar-refractivity contribution in [2.45, 2.75) is 6.67 Å². The molecule has 0 aliphatic rings. The first-order valence-electron chi connectivity index (χ1n) is 7.16. The summed E-state index contributed by atoms with van der Waals surface area (Å²) in [5.41, 5.74) is 2.50. The predicted molar refractivity (Wildman–Crippen MR) is 83.7 cm³/mol. The van der Waals surface area contributed by atoms with Crippen LogP contribution in [0.2, 0.25) is 0 Å². The van der Waals surface area contributed by atoms with Crippen LogP contribution in [0.4, 0.5) is 0 Å². The minimum atomic E-state index is 0.808. The molecule has 0 saturated heterocycles. The van der Waals surface area contributed by atoms with E-state index in [0.717, 1.165) is 6.67 Å². The fourth-order valence-corrected chi connectivity index (χ4v) is 2.85. The molecule has 0 radical (unpaired) electrons. The summed E-state index contributed by atoms with van der Waals surface area (Å²) in [4.78, 5) is 0. The second-order valence-electron chi connectivity index (χ2n) is 5.22. The Morgan fingerprint density at radius 1 is 0.524 bits per heavy atom. The van der Waals surface area contributed by atoms with E-state index in [9.17, 15) is 0 Å². The SMILES string of the molecule is c1ccc2c(c1)ccc[n+]2C[n+]1cccc2ccccc21. The second-order valence-corrected chi connectivity index (χ2v) is 5.22. The van der Waals surface area contributed by atoms with E-state index in [-0.39, 0.29) is 0 Å². The van der Waals surface area contributed by atoms with Crippen molar-refractivity contribution in [3.05, 3.63) is 85.2 Å². The van der Waals surface area contributed by atoms with Gasteiger partial charge in [0.15, 0.2) is 12.4 Å². The topological polar surface area (TPSA) is 7.76 Å². The van der Waals surface area contributed by atoms with Crippen LogP contribution in [0, 0.1) is 0 Å². The number of hydrogen-bond acceptors (Lipinski definition) is 0. The Bertz CT molecular complexity index is 841. The third kappa shape index (κ3) is 2.15. The van der Waals surface area contributed by atoms with E-state index in [2.05, 4.69) is 94.3 Å². The predicted octanol–water partition coefficient (Wildman–Crippen LogP) is 3.07. The number of pyridine rings is 2. The van der Waals surface area contributed by atoms with Crippen molar-refractivity contribution in [1.82, 2.24) is 0 Å². The molecule has 21 heavy (non-hydrogen) atoms. The monoisotopic (exact) mass is 272 g/mol. The van der Waals surface area contributed by atoms with E-state index >= 15 is 0 Å². The highest BCUT2D eigenvalue weighted by atomic mass is 15.1. The maximum Gasteiger partial charge on any atom is 0.344 e. The first-order valence-corrected chi connectivity index (χ1v) is 7.16. The molecule has 2 nitrogen and oxygen atoms in total. The van der Waals surface area contributed by atoms with Crippen molar-refractivity contribution >= 4 is 21.8 Å². The van der Waals surface area contributed by atoms with E-state index in [1.54, 1.807) is 0 Å². The van der Waals surface area contributed by atoms with Crippen LogP contribution in [0.25, 0.3) is 21.8 Å². The highest BCUT2D eigenvalue weighted by molar-refractivity contribution is 5.75. The first-order chi connectivity index (χ1) is 10.4.